The summed E-state index contributed by atoms with van der Waals surface area (Å²) < 4.78 is 5.33. The minimum absolute atomic E-state index is 0.0156. The number of ether oxygens (including phenoxy) is 1. The van der Waals surface area contributed by atoms with Gasteiger partial charge in [0.05, 0.1) is 24.3 Å². The van der Waals surface area contributed by atoms with Gasteiger partial charge in [0, 0.05) is 28.9 Å². The van der Waals surface area contributed by atoms with Gasteiger partial charge in [0.15, 0.2) is 0 Å². The molecule has 4 aromatic rings. The minimum atomic E-state index is -0.321. The SMILES string of the molecule is O=C(c1cccc(-c2ccc3[nH]c(=O)c(-c4cccs4)c(O)c3c2)c1)N1CCOCC1. The summed E-state index contributed by atoms with van der Waals surface area (Å²) >= 11 is 1.40. The zero-order chi connectivity index (χ0) is 21.4. The number of aromatic hydroxyl groups is 1. The molecule has 0 saturated carbocycles. The quantitative estimate of drug-likeness (QED) is 0.511. The molecule has 1 amide bonds. The van der Waals surface area contributed by atoms with Crippen molar-refractivity contribution in [2.45, 2.75) is 0 Å². The molecule has 2 aromatic carbocycles. The second kappa shape index (κ2) is 8.02. The summed E-state index contributed by atoms with van der Waals surface area (Å²) in [6, 6.07) is 16.6. The molecule has 1 fully saturated rings. The van der Waals surface area contributed by atoms with Crippen LogP contribution in [-0.4, -0.2) is 47.2 Å². The van der Waals surface area contributed by atoms with Gasteiger partial charge in [-0.2, -0.15) is 0 Å². The fraction of sp³-hybridized carbons (Fsp3) is 0.167. The summed E-state index contributed by atoms with van der Waals surface area (Å²) in [5.74, 6) is -0.0540. The van der Waals surface area contributed by atoms with Gasteiger partial charge in [-0.1, -0.05) is 24.3 Å². The van der Waals surface area contributed by atoms with Crippen molar-refractivity contribution in [3.05, 3.63) is 75.9 Å². The van der Waals surface area contributed by atoms with Crippen LogP contribution in [0.2, 0.25) is 0 Å². The summed E-state index contributed by atoms with van der Waals surface area (Å²) in [7, 11) is 0. The molecule has 3 heterocycles. The zero-order valence-electron chi connectivity index (χ0n) is 16.6. The number of fused-ring (bicyclic) bond motifs is 1. The van der Waals surface area contributed by atoms with E-state index < -0.39 is 0 Å². The molecule has 0 spiro atoms. The van der Waals surface area contributed by atoms with Crippen molar-refractivity contribution in [3.63, 3.8) is 0 Å². The van der Waals surface area contributed by atoms with Crippen molar-refractivity contribution < 1.29 is 14.6 Å². The van der Waals surface area contributed by atoms with Crippen molar-refractivity contribution >= 4 is 28.1 Å². The normalized spacial score (nSPS) is 14.1. The molecule has 6 nitrogen and oxygen atoms in total. The van der Waals surface area contributed by atoms with Crippen LogP contribution in [0.4, 0.5) is 0 Å². The third-order valence-electron chi connectivity index (χ3n) is 5.50. The lowest BCUT2D eigenvalue weighted by Gasteiger charge is -2.27. The lowest BCUT2D eigenvalue weighted by atomic mass is 9.99. The number of hydrogen-bond donors (Lipinski definition) is 2. The lowest BCUT2D eigenvalue weighted by molar-refractivity contribution is 0.0303. The van der Waals surface area contributed by atoms with E-state index in [0.29, 0.717) is 47.6 Å². The Hall–Kier alpha value is -3.42. The number of rotatable bonds is 3. The fourth-order valence-electron chi connectivity index (χ4n) is 3.89. The van der Waals surface area contributed by atoms with Crippen molar-refractivity contribution in [1.82, 2.24) is 9.88 Å². The van der Waals surface area contributed by atoms with Crippen LogP contribution in [0.1, 0.15) is 10.4 Å². The standard InChI is InChI=1S/C24H20N2O4S/c27-22-18-14-16(6-7-19(18)25-23(28)21(22)20-5-2-12-31-20)15-3-1-4-17(13-15)24(29)26-8-10-30-11-9-26/h1-7,12-14H,8-11H2,(H2,25,27,28). The maximum Gasteiger partial charge on any atom is 0.260 e. The number of nitrogens with zero attached hydrogens (tertiary/aromatic N) is 1. The van der Waals surface area contributed by atoms with E-state index in [1.54, 1.807) is 11.0 Å². The Morgan fingerprint density at radius 2 is 1.84 bits per heavy atom. The van der Waals surface area contributed by atoms with Gasteiger partial charge in [0.2, 0.25) is 0 Å². The molecule has 5 rings (SSSR count). The van der Waals surface area contributed by atoms with Crippen molar-refractivity contribution in [2.75, 3.05) is 26.3 Å². The summed E-state index contributed by atoms with van der Waals surface area (Å²) in [5.41, 5.74) is 2.85. The Morgan fingerprint density at radius 3 is 2.61 bits per heavy atom. The first-order chi connectivity index (χ1) is 15.1. The molecule has 0 unspecified atom stereocenters. The fourth-order valence-corrected chi connectivity index (χ4v) is 4.65. The topological polar surface area (TPSA) is 82.6 Å². The molecule has 2 aromatic heterocycles. The Labute approximate surface area is 182 Å². The molecule has 31 heavy (non-hydrogen) atoms. The second-order valence-electron chi connectivity index (χ2n) is 7.40. The summed E-state index contributed by atoms with van der Waals surface area (Å²) in [4.78, 5) is 30.7. The molecule has 1 saturated heterocycles. The largest absolute Gasteiger partial charge is 0.506 e. The molecule has 7 heteroatoms. The number of pyridine rings is 1. The Bertz CT molecular complexity index is 1320. The predicted octanol–water partition coefficient (Wildman–Crippen LogP) is 4.10. The number of benzene rings is 2. The van der Waals surface area contributed by atoms with Crippen molar-refractivity contribution in [2.24, 2.45) is 0 Å². The van der Waals surface area contributed by atoms with Crippen LogP contribution in [0.25, 0.3) is 32.5 Å². The third-order valence-corrected chi connectivity index (χ3v) is 6.38. The van der Waals surface area contributed by atoms with Gasteiger partial charge < -0.3 is 19.7 Å². The number of hydrogen-bond acceptors (Lipinski definition) is 5. The summed E-state index contributed by atoms with van der Waals surface area (Å²) in [6.45, 7) is 2.29. The van der Waals surface area contributed by atoms with E-state index in [9.17, 15) is 14.7 Å². The second-order valence-corrected chi connectivity index (χ2v) is 8.35. The smallest absolute Gasteiger partial charge is 0.260 e. The average molecular weight is 433 g/mol. The highest BCUT2D eigenvalue weighted by Gasteiger charge is 2.19. The molecule has 0 aliphatic carbocycles. The first-order valence-electron chi connectivity index (χ1n) is 10.0. The van der Waals surface area contributed by atoms with Crippen molar-refractivity contribution in [1.29, 1.82) is 0 Å². The number of aromatic amines is 1. The number of morpholine rings is 1. The van der Waals surface area contributed by atoms with E-state index in [4.69, 9.17) is 4.74 Å². The van der Waals surface area contributed by atoms with Crippen LogP contribution in [0.15, 0.2) is 64.8 Å². The third kappa shape index (κ3) is 3.62. The molecular formula is C24H20N2O4S. The van der Waals surface area contributed by atoms with E-state index in [-0.39, 0.29) is 22.8 Å². The molecule has 0 radical (unpaired) electrons. The molecule has 0 bridgehead atoms. The molecule has 2 N–H and O–H groups in total. The molecule has 0 atom stereocenters. The van der Waals surface area contributed by atoms with Crippen LogP contribution >= 0.6 is 11.3 Å². The van der Waals surface area contributed by atoms with Crippen molar-refractivity contribution in [3.8, 4) is 27.3 Å². The van der Waals surface area contributed by atoms with Crippen LogP contribution in [0, 0.1) is 0 Å². The van der Waals surface area contributed by atoms with E-state index in [1.165, 1.54) is 11.3 Å². The molecule has 1 aliphatic heterocycles. The maximum absolute atomic E-state index is 12.9. The van der Waals surface area contributed by atoms with Crippen LogP contribution in [0.5, 0.6) is 5.75 Å². The van der Waals surface area contributed by atoms with Crippen LogP contribution in [-0.2, 0) is 4.74 Å². The Balaban J connectivity index is 1.56. The number of nitrogens with one attached hydrogen (secondary N) is 1. The average Bonchev–Trinajstić information content (AvgIpc) is 3.33. The minimum Gasteiger partial charge on any atom is -0.506 e. The molecule has 156 valence electrons. The lowest BCUT2D eigenvalue weighted by Crippen LogP contribution is -2.40. The predicted molar refractivity (Wildman–Crippen MR) is 122 cm³/mol. The van der Waals surface area contributed by atoms with Gasteiger partial charge in [0.1, 0.15) is 5.75 Å². The first-order valence-corrected chi connectivity index (χ1v) is 10.9. The van der Waals surface area contributed by atoms with Crippen LogP contribution in [0.3, 0.4) is 0 Å². The van der Waals surface area contributed by atoms with Gasteiger partial charge in [-0.15, -0.1) is 11.3 Å². The summed E-state index contributed by atoms with van der Waals surface area (Å²) in [5, 5.41) is 13.3. The van der Waals surface area contributed by atoms with Gasteiger partial charge in [-0.25, -0.2) is 0 Å². The number of thiophene rings is 1. The number of amides is 1. The number of H-pyrrole nitrogens is 1. The Kier molecular flexibility index (Phi) is 5.05. The highest BCUT2D eigenvalue weighted by Crippen LogP contribution is 2.36. The number of carbonyl (C=O) groups excluding carboxylic acids is 1. The van der Waals surface area contributed by atoms with Crippen LogP contribution < -0.4 is 5.56 Å². The van der Waals surface area contributed by atoms with Gasteiger partial charge >= 0.3 is 0 Å². The van der Waals surface area contributed by atoms with E-state index in [1.807, 2.05) is 53.9 Å². The van der Waals surface area contributed by atoms with Gasteiger partial charge in [0.25, 0.3) is 11.5 Å². The van der Waals surface area contributed by atoms with Gasteiger partial charge in [-0.05, 0) is 46.8 Å². The summed E-state index contributed by atoms with van der Waals surface area (Å²) in [6.07, 6.45) is 0. The zero-order valence-corrected chi connectivity index (χ0v) is 17.4. The molecular weight excluding hydrogens is 412 g/mol. The number of carbonyl (C=O) groups is 1. The van der Waals surface area contributed by atoms with E-state index in [2.05, 4.69) is 4.98 Å². The Morgan fingerprint density at radius 1 is 1.03 bits per heavy atom. The first kappa shape index (κ1) is 19.5. The highest BCUT2D eigenvalue weighted by atomic mass is 32.1. The molecule has 1 aliphatic rings. The van der Waals surface area contributed by atoms with Gasteiger partial charge in [-0.3, -0.25) is 9.59 Å². The number of aromatic nitrogens is 1. The maximum atomic E-state index is 12.9. The van der Waals surface area contributed by atoms with E-state index >= 15 is 0 Å². The van der Waals surface area contributed by atoms with E-state index in [0.717, 1.165) is 11.1 Å². The monoisotopic (exact) mass is 432 g/mol. The highest BCUT2D eigenvalue weighted by molar-refractivity contribution is 7.13.